The summed E-state index contributed by atoms with van der Waals surface area (Å²) < 4.78 is 0. The predicted molar refractivity (Wildman–Crippen MR) is 110 cm³/mol. The minimum atomic E-state index is -0.229. The highest BCUT2D eigenvalue weighted by molar-refractivity contribution is 6.14. The van der Waals surface area contributed by atoms with Crippen LogP contribution >= 0.6 is 0 Å². The van der Waals surface area contributed by atoms with Crippen molar-refractivity contribution in [3.8, 4) is 0 Å². The molecule has 2 aromatic rings. The average Bonchev–Trinajstić information content (AvgIpc) is 2.66. The molecule has 0 spiro atoms. The van der Waals surface area contributed by atoms with E-state index in [4.69, 9.17) is 0 Å². The van der Waals surface area contributed by atoms with Crippen LogP contribution in [0.4, 0.5) is 5.69 Å². The molecule has 0 heterocycles. The number of benzene rings is 2. The summed E-state index contributed by atoms with van der Waals surface area (Å²) in [4.78, 5) is 28.7. The predicted octanol–water partition coefficient (Wildman–Crippen LogP) is 4.52. The fourth-order valence-electron chi connectivity index (χ4n) is 3.17. The van der Waals surface area contributed by atoms with E-state index in [1.54, 1.807) is 24.3 Å². The molecule has 1 aliphatic carbocycles. The van der Waals surface area contributed by atoms with Gasteiger partial charge in [0, 0.05) is 31.2 Å². The maximum atomic E-state index is 12.2. The number of aliphatic hydroxyl groups is 1. The Hall–Kier alpha value is -3.21. The van der Waals surface area contributed by atoms with Gasteiger partial charge in [-0.2, -0.15) is 0 Å². The standard InChI is InChI=1S/C23H24N2O3/c1-23(2)12-20(26)19(21(27)13-23)15-24-18-10-8-17(9-11-18)22(28)25-14-16-6-4-3-5-7-16/h3-11,15,26H,12-14H2,1-2H3,(H,25,28). The minimum Gasteiger partial charge on any atom is -0.511 e. The van der Waals surface area contributed by atoms with Crippen molar-refractivity contribution in [3.05, 3.63) is 77.1 Å². The van der Waals surface area contributed by atoms with Gasteiger partial charge in [0.15, 0.2) is 5.78 Å². The molecule has 5 heteroatoms. The van der Waals surface area contributed by atoms with E-state index < -0.39 is 0 Å². The smallest absolute Gasteiger partial charge is 0.251 e. The molecular weight excluding hydrogens is 352 g/mol. The SMILES string of the molecule is CC1(C)CC(=O)C(C=Nc2ccc(C(=O)NCc3ccccc3)cc2)=C(O)C1. The highest BCUT2D eigenvalue weighted by Crippen LogP contribution is 2.35. The summed E-state index contributed by atoms with van der Waals surface area (Å²) >= 11 is 0. The van der Waals surface area contributed by atoms with Crippen LogP contribution in [0.25, 0.3) is 0 Å². The van der Waals surface area contributed by atoms with Crippen LogP contribution in [0.5, 0.6) is 0 Å². The molecule has 1 amide bonds. The monoisotopic (exact) mass is 376 g/mol. The molecule has 3 rings (SSSR count). The number of carbonyl (C=O) groups excluding carboxylic acids is 2. The highest BCUT2D eigenvalue weighted by Gasteiger charge is 2.32. The zero-order chi connectivity index (χ0) is 20.1. The number of amides is 1. The molecule has 0 aromatic heterocycles. The molecule has 28 heavy (non-hydrogen) atoms. The number of nitrogens with one attached hydrogen (secondary N) is 1. The minimum absolute atomic E-state index is 0.0851. The first-order valence-electron chi connectivity index (χ1n) is 9.26. The molecule has 0 atom stereocenters. The Morgan fingerprint density at radius 2 is 1.79 bits per heavy atom. The lowest BCUT2D eigenvalue weighted by Gasteiger charge is -2.28. The largest absolute Gasteiger partial charge is 0.511 e. The average molecular weight is 376 g/mol. The molecule has 0 bridgehead atoms. The Labute approximate surface area is 164 Å². The van der Waals surface area contributed by atoms with Crippen molar-refractivity contribution in [1.82, 2.24) is 5.32 Å². The molecule has 2 aromatic carbocycles. The van der Waals surface area contributed by atoms with Crippen molar-refractivity contribution in [1.29, 1.82) is 0 Å². The van der Waals surface area contributed by atoms with Crippen LogP contribution in [0, 0.1) is 5.41 Å². The van der Waals surface area contributed by atoms with Crippen LogP contribution in [0.3, 0.4) is 0 Å². The van der Waals surface area contributed by atoms with E-state index >= 15 is 0 Å². The molecule has 144 valence electrons. The maximum Gasteiger partial charge on any atom is 0.251 e. The summed E-state index contributed by atoms with van der Waals surface area (Å²) in [5.41, 5.74) is 2.22. The Bertz CT molecular complexity index is 926. The number of aliphatic hydroxyl groups excluding tert-OH is 1. The molecule has 0 saturated heterocycles. The van der Waals surface area contributed by atoms with E-state index in [1.165, 1.54) is 6.21 Å². The van der Waals surface area contributed by atoms with E-state index in [9.17, 15) is 14.7 Å². The second-order valence-electron chi connectivity index (χ2n) is 7.77. The van der Waals surface area contributed by atoms with E-state index in [0.717, 1.165) is 5.56 Å². The van der Waals surface area contributed by atoms with Crippen molar-refractivity contribution in [2.45, 2.75) is 33.2 Å². The quantitative estimate of drug-likeness (QED) is 0.753. The van der Waals surface area contributed by atoms with Gasteiger partial charge < -0.3 is 10.4 Å². The number of allylic oxidation sites excluding steroid dienone is 2. The Balaban J connectivity index is 1.63. The molecule has 0 fully saturated rings. The van der Waals surface area contributed by atoms with Crippen molar-refractivity contribution in [2.24, 2.45) is 10.4 Å². The first-order chi connectivity index (χ1) is 13.3. The molecule has 0 aliphatic heterocycles. The van der Waals surface area contributed by atoms with E-state index in [1.807, 2.05) is 44.2 Å². The number of hydrogen-bond acceptors (Lipinski definition) is 4. The number of rotatable bonds is 5. The first kappa shape index (κ1) is 19.5. The van der Waals surface area contributed by atoms with Crippen molar-refractivity contribution in [2.75, 3.05) is 0 Å². The molecule has 1 aliphatic rings. The third kappa shape index (κ3) is 4.94. The Morgan fingerprint density at radius 3 is 2.43 bits per heavy atom. The fourth-order valence-corrected chi connectivity index (χ4v) is 3.17. The number of aliphatic imine (C=N–C) groups is 1. The summed E-state index contributed by atoms with van der Waals surface area (Å²) in [6, 6.07) is 16.5. The summed E-state index contributed by atoms with van der Waals surface area (Å²) in [5, 5.41) is 13.0. The second kappa shape index (κ2) is 8.21. The lowest BCUT2D eigenvalue weighted by atomic mass is 9.77. The number of hydrogen-bond donors (Lipinski definition) is 2. The highest BCUT2D eigenvalue weighted by atomic mass is 16.3. The van der Waals surface area contributed by atoms with Gasteiger partial charge in [0.1, 0.15) is 5.76 Å². The molecule has 0 unspecified atom stereocenters. The van der Waals surface area contributed by atoms with Gasteiger partial charge in [-0.15, -0.1) is 0 Å². The zero-order valence-corrected chi connectivity index (χ0v) is 16.1. The van der Waals surface area contributed by atoms with Crippen LogP contribution in [-0.4, -0.2) is 23.0 Å². The van der Waals surface area contributed by atoms with Gasteiger partial charge in [0.2, 0.25) is 0 Å². The second-order valence-corrected chi connectivity index (χ2v) is 7.77. The number of Topliss-reactive ketones (excluding diaryl/α,β-unsaturated/α-hetero) is 1. The Kier molecular flexibility index (Phi) is 5.73. The first-order valence-corrected chi connectivity index (χ1v) is 9.26. The van der Waals surface area contributed by atoms with Crippen LogP contribution in [-0.2, 0) is 11.3 Å². The van der Waals surface area contributed by atoms with E-state index in [-0.39, 0.29) is 28.4 Å². The normalized spacial score (nSPS) is 16.4. The van der Waals surface area contributed by atoms with Crippen LogP contribution < -0.4 is 5.32 Å². The van der Waals surface area contributed by atoms with Gasteiger partial charge in [0.25, 0.3) is 5.91 Å². The van der Waals surface area contributed by atoms with Gasteiger partial charge in [-0.1, -0.05) is 44.2 Å². The van der Waals surface area contributed by atoms with Gasteiger partial charge in [-0.05, 0) is 35.2 Å². The maximum absolute atomic E-state index is 12.2. The van der Waals surface area contributed by atoms with Crippen LogP contribution in [0.2, 0.25) is 0 Å². The third-order valence-corrected chi connectivity index (χ3v) is 4.66. The van der Waals surface area contributed by atoms with Gasteiger partial charge in [-0.3, -0.25) is 14.6 Å². The summed E-state index contributed by atoms with van der Waals surface area (Å²) in [5.74, 6) is -0.180. The number of nitrogens with zero attached hydrogens (tertiary/aromatic N) is 1. The molecule has 2 N–H and O–H groups in total. The van der Waals surface area contributed by atoms with Gasteiger partial charge in [0.05, 0.1) is 11.3 Å². The summed E-state index contributed by atoms with van der Waals surface area (Å²) in [6.45, 7) is 4.37. The summed E-state index contributed by atoms with van der Waals surface area (Å²) in [6.07, 6.45) is 2.26. The van der Waals surface area contributed by atoms with E-state index in [0.29, 0.717) is 30.6 Å². The van der Waals surface area contributed by atoms with Gasteiger partial charge >= 0.3 is 0 Å². The Morgan fingerprint density at radius 1 is 1.11 bits per heavy atom. The van der Waals surface area contributed by atoms with Crippen LogP contribution in [0.1, 0.15) is 42.6 Å². The molecule has 5 nitrogen and oxygen atoms in total. The van der Waals surface area contributed by atoms with E-state index in [2.05, 4.69) is 10.3 Å². The lowest BCUT2D eigenvalue weighted by Crippen LogP contribution is -2.26. The number of ketones is 1. The molecule has 0 radical (unpaired) electrons. The fraction of sp³-hybridized carbons (Fsp3) is 0.261. The zero-order valence-electron chi connectivity index (χ0n) is 16.1. The molecular formula is C23H24N2O3. The number of carbonyl (C=O) groups is 2. The third-order valence-electron chi connectivity index (χ3n) is 4.66. The van der Waals surface area contributed by atoms with Crippen molar-refractivity contribution >= 4 is 23.6 Å². The molecule has 0 saturated carbocycles. The van der Waals surface area contributed by atoms with Crippen molar-refractivity contribution < 1.29 is 14.7 Å². The van der Waals surface area contributed by atoms with Crippen molar-refractivity contribution in [3.63, 3.8) is 0 Å². The lowest BCUT2D eigenvalue weighted by molar-refractivity contribution is -0.117. The topological polar surface area (TPSA) is 78.8 Å². The van der Waals surface area contributed by atoms with Crippen LogP contribution in [0.15, 0.2) is 70.9 Å². The van der Waals surface area contributed by atoms with Gasteiger partial charge in [-0.25, -0.2) is 0 Å². The summed E-state index contributed by atoms with van der Waals surface area (Å²) in [7, 11) is 0.